The van der Waals surface area contributed by atoms with Crippen molar-refractivity contribution in [3.05, 3.63) is 45.4 Å². The van der Waals surface area contributed by atoms with E-state index in [0.717, 1.165) is 60.4 Å². The van der Waals surface area contributed by atoms with Crippen molar-refractivity contribution in [2.75, 3.05) is 0 Å². The standard InChI is InChI=1S/C26H36N4O3S/c1-17-12-18(2)14-20(13-17)33-15-24-28-23(16-34-24)25(31)29-21-10-6-7-11-22(21)30-26(32)27-19-8-4-3-5-9-19/h12-14,16,19,21-22H,3-11,15H2,1-2H3,(H,29,31)(H2,27,30,32)/t21-,22-/m1/s1. The molecule has 0 radical (unpaired) electrons. The molecule has 0 saturated heterocycles. The molecule has 0 unspecified atom stereocenters. The fourth-order valence-electron chi connectivity index (χ4n) is 5.00. The second-order valence-corrected chi connectivity index (χ2v) is 10.6. The topological polar surface area (TPSA) is 92.3 Å². The molecule has 8 heteroatoms. The first kappa shape index (κ1) is 24.5. The Morgan fingerprint density at radius 1 is 0.912 bits per heavy atom. The minimum absolute atomic E-state index is 0.0627. The van der Waals surface area contributed by atoms with E-state index in [9.17, 15) is 9.59 Å². The molecule has 0 bridgehead atoms. The second-order valence-electron chi connectivity index (χ2n) is 9.66. The largest absolute Gasteiger partial charge is 0.486 e. The number of hydrogen-bond acceptors (Lipinski definition) is 5. The number of nitrogens with one attached hydrogen (secondary N) is 3. The van der Waals surface area contributed by atoms with Gasteiger partial charge < -0.3 is 20.7 Å². The molecular weight excluding hydrogens is 448 g/mol. The lowest BCUT2D eigenvalue weighted by molar-refractivity contribution is 0.0911. The van der Waals surface area contributed by atoms with Gasteiger partial charge in [-0.3, -0.25) is 4.79 Å². The molecule has 4 rings (SSSR count). The maximum atomic E-state index is 12.9. The highest BCUT2D eigenvalue weighted by Crippen LogP contribution is 2.22. The van der Waals surface area contributed by atoms with Crippen LogP contribution in [-0.2, 0) is 6.61 Å². The molecule has 1 aromatic heterocycles. The zero-order valence-electron chi connectivity index (χ0n) is 20.2. The lowest BCUT2D eigenvalue weighted by atomic mass is 9.90. The first-order valence-electron chi connectivity index (χ1n) is 12.5. The fraction of sp³-hybridized carbons (Fsp3) is 0.577. The monoisotopic (exact) mass is 484 g/mol. The molecule has 2 atom stereocenters. The van der Waals surface area contributed by atoms with E-state index in [2.05, 4.69) is 27.0 Å². The predicted octanol–water partition coefficient (Wildman–Crippen LogP) is 5.01. The van der Waals surface area contributed by atoms with Gasteiger partial charge in [-0.2, -0.15) is 0 Å². The molecule has 2 aromatic rings. The average Bonchev–Trinajstić information content (AvgIpc) is 3.28. The number of aryl methyl sites for hydroxylation is 2. The Morgan fingerprint density at radius 2 is 1.56 bits per heavy atom. The van der Waals surface area contributed by atoms with E-state index in [1.165, 1.54) is 30.6 Å². The summed E-state index contributed by atoms with van der Waals surface area (Å²) in [6, 6.07) is 6.10. The highest BCUT2D eigenvalue weighted by atomic mass is 32.1. The Bertz CT molecular complexity index is 966. The summed E-state index contributed by atoms with van der Waals surface area (Å²) < 4.78 is 5.88. The molecule has 3 N–H and O–H groups in total. The number of rotatable bonds is 7. The van der Waals surface area contributed by atoms with Crippen LogP contribution in [0.5, 0.6) is 5.75 Å². The second kappa shape index (κ2) is 11.7. The number of amides is 3. The van der Waals surface area contributed by atoms with Crippen LogP contribution < -0.4 is 20.7 Å². The van der Waals surface area contributed by atoms with Gasteiger partial charge in [-0.1, -0.05) is 38.2 Å². The third-order valence-corrected chi connectivity index (χ3v) is 7.50. The maximum absolute atomic E-state index is 12.9. The zero-order chi connectivity index (χ0) is 23.9. The molecule has 2 saturated carbocycles. The van der Waals surface area contributed by atoms with Crippen LogP contribution in [-0.4, -0.2) is 35.0 Å². The third-order valence-electron chi connectivity index (χ3n) is 6.68. The number of thiazole rings is 1. The fourth-order valence-corrected chi connectivity index (χ4v) is 5.69. The number of ether oxygens (including phenoxy) is 1. The quantitative estimate of drug-likeness (QED) is 0.515. The molecule has 1 heterocycles. The smallest absolute Gasteiger partial charge is 0.315 e. The van der Waals surface area contributed by atoms with Crippen LogP contribution in [0.25, 0.3) is 0 Å². The number of aromatic nitrogens is 1. The van der Waals surface area contributed by atoms with Gasteiger partial charge in [-0.05, 0) is 62.8 Å². The van der Waals surface area contributed by atoms with Crippen LogP contribution in [0.3, 0.4) is 0 Å². The summed E-state index contributed by atoms with van der Waals surface area (Å²) >= 11 is 1.42. The zero-order valence-corrected chi connectivity index (χ0v) is 21.0. The van der Waals surface area contributed by atoms with E-state index in [1.807, 2.05) is 26.0 Å². The van der Waals surface area contributed by atoms with E-state index >= 15 is 0 Å². The summed E-state index contributed by atoms with van der Waals surface area (Å²) in [4.78, 5) is 29.9. The lowest BCUT2D eigenvalue weighted by Crippen LogP contribution is -2.56. The molecule has 0 spiro atoms. The van der Waals surface area contributed by atoms with Crippen molar-refractivity contribution >= 4 is 23.3 Å². The molecule has 184 valence electrons. The number of nitrogens with zero attached hydrogens (tertiary/aromatic N) is 1. The highest BCUT2D eigenvalue weighted by Gasteiger charge is 2.29. The van der Waals surface area contributed by atoms with Crippen molar-refractivity contribution in [3.63, 3.8) is 0 Å². The third kappa shape index (κ3) is 6.95. The molecule has 2 aliphatic rings. The maximum Gasteiger partial charge on any atom is 0.315 e. The number of urea groups is 1. The lowest BCUT2D eigenvalue weighted by Gasteiger charge is -2.33. The Kier molecular flexibility index (Phi) is 8.43. The van der Waals surface area contributed by atoms with Crippen LogP contribution in [0.15, 0.2) is 23.6 Å². The van der Waals surface area contributed by atoms with Crippen LogP contribution in [0.4, 0.5) is 4.79 Å². The molecule has 2 fully saturated rings. The van der Waals surface area contributed by atoms with Gasteiger partial charge in [-0.25, -0.2) is 9.78 Å². The summed E-state index contributed by atoms with van der Waals surface area (Å²) in [6.07, 6.45) is 9.54. The van der Waals surface area contributed by atoms with Gasteiger partial charge in [0.15, 0.2) is 0 Å². The minimum atomic E-state index is -0.194. The van der Waals surface area contributed by atoms with Gasteiger partial charge in [0.05, 0.1) is 6.04 Å². The van der Waals surface area contributed by atoms with Gasteiger partial charge >= 0.3 is 6.03 Å². The van der Waals surface area contributed by atoms with Gasteiger partial charge in [-0.15, -0.1) is 11.3 Å². The summed E-state index contributed by atoms with van der Waals surface area (Å²) in [7, 11) is 0. The molecule has 0 aliphatic heterocycles. The first-order chi connectivity index (χ1) is 16.5. The van der Waals surface area contributed by atoms with Crippen molar-refractivity contribution in [1.29, 1.82) is 0 Å². The molecular formula is C26H36N4O3S. The van der Waals surface area contributed by atoms with Crippen molar-refractivity contribution < 1.29 is 14.3 Å². The van der Waals surface area contributed by atoms with Crippen molar-refractivity contribution in [2.24, 2.45) is 0 Å². The molecule has 3 amide bonds. The van der Waals surface area contributed by atoms with Crippen LogP contribution in [0.1, 0.15) is 84.4 Å². The van der Waals surface area contributed by atoms with Gasteiger partial charge in [0.2, 0.25) is 0 Å². The van der Waals surface area contributed by atoms with Crippen molar-refractivity contribution in [3.8, 4) is 5.75 Å². The van der Waals surface area contributed by atoms with Crippen molar-refractivity contribution in [2.45, 2.75) is 96.4 Å². The predicted molar refractivity (Wildman–Crippen MR) is 134 cm³/mol. The van der Waals surface area contributed by atoms with E-state index in [0.29, 0.717) is 12.3 Å². The van der Waals surface area contributed by atoms with Crippen LogP contribution in [0, 0.1) is 13.8 Å². The first-order valence-corrected chi connectivity index (χ1v) is 13.4. The Morgan fingerprint density at radius 3 is 2.26 bits per heavy atom. The average molecular weight is 485 g/mol. The van der Waals surface area contributed by atoms with Crippen LogP contribution >= 0.6 is 11.3 Å². The number of benzene rings is 1. The molecule has 2 aliphatic carbocycles. The normalized spacial score (nSPS) is 21.0. The van der Waals surface area contributed by atoms with Crippen LogP contribution in [0.2, 0.25) is 0 Å². The minimum Gasteiger partial charge on any atom is -0.486 e. The Balaban J connectivity index is 1.29. The summed E-state index contributed by atoms with van der Waals surface area (Å²) in [6.45, 7) is 4.41. The van der Waals surface area contributed by atoms with Gasteiger partial charge in [0, 0.05) is 17.5 Å². The van der Waals surface area contributed by atoms with E-state index in [-0.39, 0.29) is 30.1 Å². The molecule has 34 heavy (non-hydrogen) atoms. The Labute approximate surface area is 206 Å². The van der Waals surface area contributed by atoms with E-state index in [4.69, 9.17) is 4.74 Å². The SMILES string of the molecule is Cc1cc(C)cc(OCc2nc(C(=O)N[C@@H]3CCCC[C@H]3NC(=O)NC3CCCCC3)cs2)c1. The summed E-state index contributed by atoms with van der Waals surface area (Å²) in [5.74, 6) is 0.613. The summed E-state index contributed by atoms with van der Waals surface area (Å²) in [5.41, 5.74) is 2.70. The molecule has 1 aromatic carbocycles. The summed E-state index contributed by atoms with van der Waals surface area (Å²) in [5, 5.41) is 11.9. The number of carbonyl (C=O) groups excluding carboxylic acids is 2. The number of hydrogen-bond donors (Lipinski definition) is 3. The Hall–Kier alpha value is -2.61. The van der Waals surface area contributed by atoms with E-state index < -0.39 is 0 Å². The van der Waals surface area contributed by atoms with Gasteiger partial charge in [0.1, 0.15) is 23.1 Å². The molecule has 7 nitrogen and oxygen atoms in total. The number of carbonyl (C=O) groups is 2. The van der Waals surface area contributed by atoms with Crippen molar-refractivity contribution in [1.82, 2.24) is 20.9 Å². The highest BCUT2D eigenvalue weighted by molar-refractivity contribution is 7.09. The van der Waals surface area contributed by atoms with E-state index in [1.54, 1.807) is 5.38 Å². The van der Waals surface area contributed by atoms with Gasteiger partial charge in [0.25, 0.3) is 5.91 Å².